The minimum atomic E-state index is -0.738. The number of fused-ring (bicyclic) bond motifs is 5. The molecule has 6 rings (SSSR count). The van der Waals surface area contributed by atoms with E-state index in [0.29, 0.717) is 124 Å². The summed E-state index contributed by atoms with van der Waals surface area (Å²) in [6.07, 6.45) is 11.2. The van der Waals surface area contributed by atoms with Gasteiger partial charge < -0.3 is 44.7 Å². The van der Waals surface area contributed by atoms with Crippen LogP contribution in [0.25, 0.3) is 22.3 Å². The fourth-order valence-corrected chi connectivity index (χ4v) is 10.6. The number of carbonyl (C=O) groups excluding carboxylic acids is 5. The quantitative estimate of drug-likeness (QED) is 0.0165. The molecule has 5 N–H and O–H groups in total. The smallest absolute Gasteiger partial charge is 0.414 e. The van der Waals surface area contributed by atoms with E-state index in [1.54, 1.807) is 29.5 Å². The number of benzene rings is 1. The molecule has 75 heavy (non-hydrogen) atoms. The molecule has 0 bridgehead atoms. The van der Waals surface area contributed by atoms with Crippen LogP contribution in [0, 0.1) is 18.7 Å². The number of pyridine rings is 2. The molecule has 0 spiro atoms. The van der Waals surface area contributed by atoms with E-state index in [0.717, 1.165) is 41.3 Å². The van der Waals surface area contributed by atoms with Gasteiger partial charge in [-0.05, 0) is 160 Å². The van der Waals surface area contributed by atoms with E-state index in [1.807, 2.05) is 54.5 Å². The second-order valence-corrected chi connectivity index (χ2v) is 22.1. The van der Waals surface area contributed by atoms with E-state index >= 15 is 4.39 Å². The van der Waals surface area contributed by atoms with Gasteiger partial charge in [-0.1, -0.05) is 26.7 Å². The predicted molar refractivity (Wildman–Crippen MR) is 285 cm³/mol. The monoisotopic (exact) mass is 1040 g/mol. The Hall–Kier alpha value is -5.72. The van der Waals surface area contributed by atoms with Gasteiger partial charge in [0.05, 0.1) is 59.6 Å². The van der Waals surface area contributed by atoms with Crippen molar-refractivity contribution in [1.82, 2.24) is 35.7 Å². The number of ether oxygens (including phenoxy) is 3. The number of rotatable bonds is 27. The van der Waals surface area contributed by atoms with E-state index in [9.17, 15) is 28.8 Å². The molecular formula is C57H82FN7O10. The van der Waals surface area contributed by atoms with Gasteiger partial charge in [0.2, 0.25) is 17.7 Å². The van der Waals surface area contributed by atoms with E-state index in [4.69, 9.17) is 24.3 Å². The Morgan fingerprint density at radius 1 is 0.987 bits per heavy atom. The highest BCUT2D eigenvalue weighted by Gasteiger charge is 2.39. The molecule has 0 fully saturated rings. The second-order valence-electron chi connectivity index (χ2n) is 22.1. The maximum absolute atomic E-state index is 15.5. The van der Waals surface area contributed by atoms with Crippen LogP contribution in [0.1, 0.15) is 184 Å². The first-order valence-electron chi connectivity index (χ1n) is 27.2. The third-order valence-electron chi connectivity index (χ3n) is 14.8. The number of halogens is 1. The lowest BCUT2D eigenvalue weighted by atomic mass is 9.81. The standard InChI is InChI=1S/C57H82FN7O10/c1-10-19-36(51(68)60-27-17-14-21-43(61-47(67)22-13-12-16-26-59-34-66)52(69)63-57(7,8)25-29-75-56(4,5)6)20-15-18-28-73-55(72)64(9)45-24-23-38-35(3)42(58)31-44-48(38)49(45)40-32-65-46(50(40)62-44)30-39-37(11-2)54(71)74-33-41(39)53(65)70/h18,28,30-31,36-37,43,45,59,66H,10-17,19-27,29,32-34H2,1-9H3,(H,60,68)(H,61,67)(H,63,69)/b28-18+. The highest BCUT2D eigenvalue weighted by Crippen LogP contribution is 2.47. The van der Waals surface area contributed by atoms with Gasteiger partial charge in [0.15, 0.2) is 0 Å². The fourth-order valence-electron chi connectivity index (χ4n) is 10.6. The normalized spacial score (nSPS) is 16.7. The highest BCUT2D eigenvalue weighted by atomic mass is 19.1. The summed E-state index contributed by atoms with van der Waals surface area (Å²) < 4.78 is 34.1. The molecule has 0 radical (unpaired) electrons. The first-order valence-corrected chi connectivity index (χ1v) is 27.2. The zero-order valence-corrected chi connectivity index (χ0v) is 45.8. The zero-order chi connectivity index (χ0) is 54.6. The Balaban J connectivity index is 1.03. The summed E-state index contributed by atoms with van der Waals surface area (Å²) in [4.78, 5) is 87.2. The number of unbranched alkanes of at least 4 members (excludes halogenated alkanes) is 3. The molecular weight excluding hydrogens is 962 g/mol. The van der Waals surface area contributed by atoms with E-state index in [2.05, 4.69) is 21.3 Å². The lowest BCUT2D eigenvalue weighted by Crippen LogP contribution is -2.53. The Kier molecular flexibility index (Phi) is 20.6. The number of amides is 4. The van der Waals surface area contributed by atoms with Gasteiger partial charge in [-0.2, -0.15) is 0 Å². The maximum atomic E-state index is 15.5. The molecule has 0 saturated heterocycles. The summed E-state index contributed by atoms with van der Waals surface area (Å²) in [6.45, 7) is 17.0. The van der Waals surface area contributed by atoms with Crippen LogP contribution in [0.5, 0.6) is 0 Å². The Labute approximate surface area is 441 Å². The summed E-state index contributed by atoms with van der Waals surface area (Å²) in [5, 5.41) is 21.7. The third kappa shape index (κ3) is 14.8. The SMILES string of the molecule is CCCC(CC/C=C/OC(=O)N(C)C1CCc2c(C)c(F)cc3nc4c(c1c23)Cn1c-4cc2c(c1=O)COC(=O)C2CC)C(=O)NCCCCC(NC(=O)CCCCCNCO)C(=O)NC(C)(C)CCOC(C)(C)C. The maximum Gasteiger partial charge on any atom is 0.414 e. The molecule has 2 aliphatic heterocycles. The van der Waals surface area contributed by atoms with E-state index < -0.39 is 29.6 Å². The van der Waals surface area contributed by atoms with Gasteiger partial charge in [0, 0.05) is 55.1 Å². The number of aromatic nitrogens is 2. The Morgan fingerprint density at radius 3 is 2.47 bits per heavy atom. The van der Waals surface area contributed by atoms with Gasteiger partial charge in [-0.3, -0.25) is 29.3 Å². The van der Waals surface area contributed by atoms with Crippen molar-refractivity contribution in [3.05, 3.63) is 74.0 Å². The van der Waals surface area contributed by atoms with Crippen molar-refractivity contribution in [3.63, 3.8) is 0 Å². The average molecular weight is 1040 g/mol. The molecule has 412 valence electrons. The number of aliphatic hydroxyl groups excluding tert-OH is 1. The summed E-state index contributed by atoms with van der Waals surface area (Å²) in [6, 6.07) is 2.05. The fraction of sp³-hybridized carbons (Fsp3) is 0.632. The molecule has 4 amide bonds. The van der Waals surface area contributed by atoms with Crippen LogP contribution in [-0.4, -0.2) is 100.0 Å². The van der Waals surface area contributed by atoms with Crippen molar-refractivity contribution in [2.75, 3.05) is 33.5 Å². The first kappa shape index (κ1) is 58.5. The van der Waals surface area contributed by atoms with E-state index in [-0.39, 0.29) is 72.9 Å². The first-order chi connectivity index (χ1) is 35.7. The van der Waals surface area contributed by atoms with Gasteiger partial charge in [-0.25, -0.2) is 14.2 Å². The van der Waals surface area contributed by atoms with Crippen LogP contribution in [0.15, 0.2) is 29.3 Å². The number of aliphatic hydroxyl groups is 1. The van der Waals surface area contributed by atoms with Crippen LogP contribution in [0.4, 0.5) is 9.18 Å². The molecule has 2 aromatic heterocycles. The molecule has 1 aromatic carbocycles. The minimum Gasteiger partial charge on any atom is -0.460 e. The molecule has 4 unspecified atom stereocenters. The summed E-state index contributed by atoms with van der Waals surface area (Å²) in [5.41, 5.74) is 4.37. The molecule has 4 atom stereocenters. The molecule has 4 heterocycles. The van der Waals surface area contributed by atoms with Crippen LogP contribution in [0.2, 0.25) is 0 Å². The summed E-state index contributed by atoms with van der Waals surface area (Å²) >= 11 is 0. The molecule has 3 aromatic rings. The van der Waals surface area contributed by atoms with Crippen LogP contribution >= 0.6 is 0 Å². The van der Waals surface area contributed by atoms with Gasteiger partial charge in [-0.15, -0.1) is 0 Å². The number of aryl methyl sites for hydroxylation is 1. The van der Waals surface area contributed by atoms with Crippen molar-refractivity contribution in [2.45, 2.75) is 194 Å². The lowest BCUT2D eigenvalue weighted by Gasteiger charge is -2.34. The summed E-state index contributed by atoms with van der Waals surface area (Å²) in [7, 11) is 1.67. The van der Waals surface area contributed by atoms with Crippen molar-refractivity contribution in [1.29, 1.82) is 0 Å². The molecule has 18 heteroatoms. The summed E-state index contributed by atoms with van der Waals surface area (Å²) in [5.74, 6) is -2.13. The molecule has 17 nitrogen and oxygen atoms in total. The minimum absolute atomic E-state index is 0.0709. The number of allylic oxidation sites excluding steroid dienone is 1. The Bertz CT molecular complexity index is 2640. The number of cyclic esters (lactones) is 1. The van der Waals surface area contributed by atoms with E-state index in [1.165, 1.54) is 12.3 Å². The highest BCUT2D eigenvalue weighted by molar-refractivity contribution is 5.94. The topological polar surface area (TPSA) is 220 Å². The largest absolute Gasteiger partial charge is 0.460 e. The zero-order valence-electron chi connectivity index (χ0n) is 45.8. The molecule has 3 aliphatic rings. The number of esters is 1. The van der Waals surface area contributed by atoms with Crippen LogP contribution < -0.4 is 26.8 Å². The second kappa shape index (κ2) is 26.4. The molecule has 1 aliphatic carbocycles. The van der Waals surface area contributed by atoms with Crippen molar-refractivity contribution >= 4 is 40.7 Å². The number of hydrogen-bond acceptors (Lipinski definition) is 12. The predicted octanol–water partition coefficient (Wildman–Crippen LogP) is 8.16. The number of nitrogens with zero attached hydrogens (tertiary/aromatic N) is 3. The third-order valence-corrected chi connectivity index (χ3v) is 14.8. The molecule has 0 saturated carbocycles. The lowest BCUT2D eigenvalue weighted by molar-refractivity contribution is -0.148. The van der Waals surface area contributed by atoms with Crippen molar-refractivity contribution in [2.24, 2.45) is 5.92 Å². The van der Waals surface area contributed by atoms with Gasteiger partial charge >= 0.3 is 12.1 Å². The van der Waals surface area contributed by atoms with Crippen molar-refractivity contribution < 1.29 is 47.7 Å². The van der Waals surface area contributed by atoms with Gasteiger partial charge in [0.1, 0.15) is 18.5 Å². The number of hydrogen-bond donors (Lipinski definition) is 5. The average Bonchev–Trinajstić information content (AvgIpc) is 3.76. The number of nitrogens with one attached hydrogen (secondary N) is 4. The van der Waals surface area contributed by atoms with Crippen LogP contribution in [0.3, 0.4) is 0 Å². The Morgan fingerprint density at radius 2 is 1.75 bits per heavy atom. The van der Waals surface area contributed by atoms with Gasteiger partial charge in [0.25, 0.3) is 5.56 Å². The number of carbonyl (C=O) groups is 5. The van der Waals surface area contributed by atoms with Crippen molar-refractivity contribution in [3.8, 4) is 11.4 Å². The van der Waals surface area contributed by atoms with Crippen LogP contribution in [-0.2, 0) is 53.0 Å².